The van der Waals surface area contributed by atoms with Gasteiger partial charge in [-0.15, -0.1) is 0 Å². The number of carbonyl (C=O) groups excluding carboxylic acids is 1. The minimum absolute atomic E-state index is 0.0133. The molecule has 3 fully saturated rings. The Morgan fingerprint density at radius 1 is 1.08 bits per heavy atom. The molecule has 0 aromatic rings. The molecule has 0 spiro atoms. The Kier molecular flexibility index (Phi) is 3.29. The molecule has 7 atom stereocenters. The number of carbonyl (C=O) groups is 1. The summed E-state index contributed by atoms with van der Waals surface area (Å²) in [5, 5.41) is 11.5. The average molecular weight is 334 g/mol. The van der Waals surface area contributed by atoms with Crippen molar-refractivity contribution in [3.8, 4) is 0 Å². The highest BCUT2D eigenvalue weighted by atomic mass is 16.6. The lowest BCUT2D eigenvalue weighted by Crippen LogP contribution is -2.54. The number of ketones is 1. The first-order chi connectivity index (χ1) is 11.0. The fraction of sp³-hybridized carbons (Fsp3) is 0.850. The van der Waals surface area contributed by atoms with Crippen LogP contribution in [-0.4, -0.2) is 39.9 Å². The Balaban J connectivity index is 1.74. The Morgan fingerprint density at radius 3 is 2.50 bits per heavy atom. The van der Waals surface area contributed by atoms with Gasteiger partial charge in [0, 0.05) is 11.0 Å². The molecular formula is C20H30O4. The van der Waals surface area contributed by atoms with Crippen molar-refractivity contribution in [2.75, 3.05) is 0 Å². The van der Waals surface area contributed by atoms with E-state index >= 15 is 0 Å². The lowest BCUT2D eigenvalue weighted by Gasteiger charge is -2.51. The second kappa shape index (κ2) is 4.72. The van der Waals surface area contributed by atoms with Gasteiger partial charge in [0.05, 0.1) is 17.3 Å². The molecule has 1 saturated carbocycles. The predicted molar refractivity (Wildman–Crippen MR) is 90.6 cm³/mol. The van der Waals surface area contributed by atoms with E-state index in [0.717, 1.165) is 32.1 Å². The van der Waals surface area contributed by atoms with Crippen LogP contribution in [0.1, 0.15) is 66.7 Å². The summed E-state index contributed by atoms with van der Waals surface area (Å²) in [6.45, 7) is 10.3. The fourth-order valence-electron chi connectivity index (χ4n) is 5.07. The molecule has 2 bridgehead atoms. The highest BCUT2D eigenvalue weighted by Gasteiger charge is 2.64. The van der Waals surface area contributed by atoms with E-state index in [1.54, 1.807) is 0 Å². The Morgan fingerprint density at radius 2 is 1.79 bits per heavy atom. The maximum absolute atomic E-state index is 13.1. The molecule has 4 rings (SSSR count). The number of fused-ring (bicyclic) bond motifs is 4. The number of Topliss-reactive ketones (excluding diaryl/α,β-unsaturated/α-hetero) is 1. The van der Waals surface area contributed by atoms with Gasteiger partial charge >= 0.3 is 0 Å². The zero-order chi connectivity index (χ0) is 17.5. The molecule has 134 valence electrons. The van der Waals surface area contributed by atoms with Crippen molar-refractivity contribution in [3.63, 3.8) is 0 Å². The van der Waals surface area contributed by atoms with Gasteiger partial charge in [0.1, 0.15) is 11.7 Å². The minimum Gasteiger partial charge on any atom is -0.385 e. The van der Waals surface area contributed by atoms with Crippen LogP contribution in [0.4, 0.5) is 0 Å². The fourth-order valence-corrected chi connectivity index (χ4v) is 5.07. The van der Waals surface area contributed by atoms with Crippen LogP contribution in [0.15, 0.2) is 11.6 Å². The third-order valence-electron chi connectivity index (χ3n) is 7.87. The van der Waals surface area contributed by atoms with Gasteiger partial charge in [-0.05, 0) is 58.8 Å². The van der Waals surface area contributed by atoms with Gasteiger partial charge in [-0.1, -0.05) is 19.9 Å². The Hall–Kier alpha value is -0.710. The van der Waals surface area contributed by atoms with E-state index in [4.69, 9.17) is 9.47 Å². The van der Waals surface area contributed by atoms with Crippen molar-refractivity contribution in [3.05, 3.63) is 11.6 Å². The molecule has 0 radical (unpaired) electrons. The summed E-state index contributed by atoms with van der Waals surface area (Å²) in [5.74, 6) is 0.306. The maximum atomic E-state index is 13.1. The van der Waals surface area contributed by atoms with Crippen molar-refractivity contribution in [1.82, 2.24) is 0 Å². The highest BCUT2D eigenvalue weighted by Crippen LogP contribution is 2.57. The van der Waals surface area contributed by atoms with Crippen LogP contribution in [0.25, 0.3) is 0 Å². The van der Waals surface area contributed by atoms with Gasteiger partial charge < -0.3 is 14.6 Å². The van der Waals surface area contributed by atoms with E-state index in [9.17, 15) is 9.90 Å². The molecule has 4 nitrogen and oxygen atoms in total. The molecule has 2 aliphatic heterocycles. The first-order valence-electron chi connectivity index (χ1n) is 9.36. The maximum Gasteiger partial charge on any atom is 0.193 e. The van der Waals surface area contributed by atoms with Gasteiger partial charge in [0.25, 0.3) is 0 Å². The predicted octanol–water partition coefficient (Wildman–Crippen LogP) is 3.17. The zero-order valence-electron chi connectivity index (χ0n) is 15.5. The normalized spacial score (nSPS) is 57.0. The molecule has 0 amide bonds. The van der Waals surface area contributed by atoms with Gasteiger partial charge in [-0.25, -0.2) is 0 Å². The molecular weight excluding hydrogens is 304 g/mol. The van der Waals surface area contributed by atoms with E-state index < -0.39 is 11.7 Å². The molecule has 2 saturated heterocycles. The van der Waals surface area contributed by atoms with Crippen LogP contribution in [0.3, 0.4) is 0 Å². The van der Waals surface area contributed by atoms with Crippen molar-refractivity contribution in [1.29, 1.82) is 0 Å². The average Bonchev–Trinajstić information content (AvgIpc) is 3.36. The van der Waals surface area contributed by atoms with E-state index in [2.05, 4.69) is 20.8 Å². The van der Waals surface area contributed by atoms with Crippen LogP contribution in [-0.2, 0) is 14.3 Å². The molecule has 0 aromatic carbocycles. The number of allylic oxidation sites excluding steroid dienone is 1. The minimum atomic E-state index is -1.13. The zero-order valence-corrected chi connectivity index (χ0v) is 15.5. The molecule has 0 aromatic heterocycles. The molecule has 24 heavy (non-hydrogen) atoms. The standard InChI is InChI=1S/C20H30O4/c1-12-6-7-13-15(21)16-19(4,24-16)9-8-14-18(3,23-14)11-10-17(12,2)20(13,5)22/h7,12,14,16,22H,6,8-11H2,1-5H3/t12-,14+,16-,17+,18+,19?,20+/m1/s1. The second-order valence-corrected chi connectivity index (χ2v) is 9.38. The molecule has 4 heteroatoms. The van der Waals surface area contributed by atoms with Crippen molar-refractivity contribution >= 4 is 5.78 Å². The molecule has 1 N–H and O–H groups in total. The van der Waals surface area contributed by atoms with Gasteiger partial charge in [-0.3, -0.25) is 4.79 Å². The molecule has 2 heterocycles. The van der Waals surface area contributed by atoms with Crippen LogP contribution in [0.2, 0.25) is 0 Å². The number of rotatable bonds is 0. The Bertz CT molecular complexity index is 623. The number of aliphatic hydroxyl groups is 1. The summed E-state index contributed by atoms with van der Waals surface area (Å²) in [5.41, 5.74) is -1.37. The lowest BCUT2D eigenvalue weighted by molar-refractivity contribution is -0.125. The van der Waals surface area contributed by atoms with Gasteiger partial charge in [0.2, 0.25) is 0 Å². The number of ether oxygens (including phenoxy) is 2. The quantitative estimate of drug-likeness (QED) is 0.691. The molecule has 2 aliphatic carbocycles. The monoisotopic (exact) mass is 334 g/mol. The van der Waals surface area contributed by atoms with E-state index in [1.807, 2.05) is 19.9 Å². The summed E-state index contributed by atoms with van der Waals surface area (Å²) >= 11 is 0. The van der Waals surface area contributed by atoms with E-state index in [0.29, 0.717) is 11.5 Å². The SMILES string of the molecule is C[C@@H]1CC=C2C(=O)[C@H]3OC3(C)CC[C@@H]3O[C@@]3(C)CC[C@]1(C)[C@@]2(C)O. The van der Waals surface area contributed by atoms with E-state index in [1.165, 1.54) is 0 Å². The highest BCUT2D eigenvalue weighted by molar-refractivity contribution is 6.03. The van der Waals surface area contributed by atoms with Crippen LogP contribution in [0, 0.1) is 11.3 Å². The summed E-state index contributed by atoms with van der Waals surface area (Å²) in [4.78, 5) is 13.1. The van der Waals surface area contributed by atoms with Crippen molar-refractivity contribution in [2.45, 2.75) is 95.7 Å². The summed E-state index contributed by atoms with van der Waals surface area (Å²) < 4.78 is 11.8. The summed E-state index contributed by atoms with van der Waals surface area (Å²) in [6, 6.07) is 0. The molecule has 4 aliphatic rings. The number of hydrogen-bond acceptors (Lipinski definition) is 4. The van der Waals surface area contributed by atoms with Crippen molar-refractivity contribution in [2.24, 2.45) is 11.3 Å². The summed E-state index contributed by atoms with van der Waals surface area (Å²) in [6.07, 6.45) is 6.22. The smallest absolute Gasteiger partial charge is 0.193 e. The summed E-state index contributed by atoms with van der Waals surface area (Å²) in [7, 11) is 0. The second-order valence-electron chi connectivity index (χ2n) is 9.38. The van der Waals surface area contributed by atoms with E-state index in [-0.39, 0.29) is 28.5 Å². The first-order valence-corrected chi connectivity index (χ1v) is 9.36. The van der Waals surface area contributed by atoms with Gasteiger partial charge in [-0.2, -0.15) is 0 Å². The van der Waals surface area contributed by atoms with Crippen LogP contribution < -0.4 is 0 Å². The first kappa shape index (κ1) is 16.7. The lowest BCUT2D eigenvalue weighted by atomic mass is 9.56. The molecule has 1 unspecified atom stereocenters. The number of epoxide rings is 2. The van der Waals surface area contributed by atoms with Crippen molar-refractivity contribution < 1.29 is 19.4 Å². The number of hydrogen-bond donors (Lipinski definition) is 1. The third kappa shape index (κ3) is 2.12. The van der Waals surface area contributed by atoms with Gasteiger partial charge in [0.15, 0.2) is 5.78 Å². The third-order valence-corrected chi connectivity index (χ3v) is 7.87. The van der Waals surface area contributed by atoms with Crippen LogP contribution in [0.5, 0.6) is 0 Å². The Labute approximate surface area is 144 Å². The van der Waals surface area contributed by atoms with Crippen LogP contribution >= 0.6 is 0 Å². The topological polar surface area (TPSA) is 62.4 Å². The largest absolute Gasteiger partial charge is 0.385 e.